The molecule has 2 saturated carbocycles. The molecule has 1 aromatic rings. The Morgan fingerprint density at radius 2 is 1.88 bits per heavy atom. The van der Waals surface area contributed by atoms with Gasteiger partial charge in [0, 0.05) is 5.92 Å². The molecule has 0 radical (unpaired) electrons. The summed E-state index contributed by atoms with van der Waals surface area (Å²) in [7, 11) is 0. The summed E-state index contributed by atoms with van der Waals surface area (Å²) in [5, 5.41) is 12.0. The van der Waals surface area contributed by atoms with Gasteiger partial charge < -0.3 is 15.2 Å². The number of alkyl halides is 3. The van der Waals surface area contributed by atoms with Crippen molar-refractivity contribution in [3.8, 4) is 5.75 Å². The lowest BCUT2D eigenvalue weighted by Crippen LogP contribution is -2.48. The van der Waals surface area contributed by atoms with Crippen LogP contribution in [-0.2, 0) is 9.59 Å². The van der Waals surface area contributed by atoms with E-state index in [0.29, 0.717) is 24.8 Å². The maximum atomic E-state index is 12.6. The molecule has 3 rings (SSSR count). The monoisotopic (exact) mass is 371 g/mol. The number of nitrogens with one attached hydrogen (secondary N) is 1. The second-order valence-electron chi connectivity index (χ2n) is 7.08. The lowest BCUT2D eigenvalue weighted by molar-refractivity contribution is -0.274. The van der Waals surface area contributed by atoms with E-state index in [9.17, 15) is 22.8 Å². The van der Waals surface area contributed by atoms with Gasteiger partial charge in [-0.25, -0.2) is 0 Å². The van der Waals surface area contributed by atoms with Crippen molar-refractivity contribution in [2.45, 2.75) is 56.3 Å². The van der Waals surface area contributed by atoms with Crippen LogP contribution >= 0.6 is 0 Å². The summed E-state index contributed by atoms with van der Waals surface area (Å²) in [5.41, 5.74) is -0.387. The molecule has 0 aromatic heterocycles. The zero-order valence-electron chi connectivity index (χ0n) is 14.0. The molecule has 2 fully saturated rings. The van der Waals surface area contributed by atoms with Gasteiger partial charge >= 0.3 is 12.3 Å². The van der Waals surface area contributed by atoms with Crippen molar-refractivity contribution < 1.29 is 32.6 Å². The van der Waals surface area contributed by atoms with Crippen LogP contribution in [0.3, 0.4) is 0 Å². The summed E-state index contributed by atoms with van der Waals surface area (Å²) < 4.78 is 41.7. The van der Waals surface area contributed by atoms with Gasteiger partial charge in [0.15, 0.2) is 0 Å². The fourth-order valence-corrected chi connectivity index (χ4v) is 3.87. The molecular formula is C18H20F3NO4. The van der Waals surface area contributed by atoms with Crippen molar-refractivity contribution in [1.82, 2.24) is 5.32 Å². The molecule has 2 unspecified atom stereocenters. The number of halogens is 3. The van der Waals surface area contributed by atoms with Crippen molar-refractivity contribution in [3.05, 3.63) is 29.8 Å². The number of ether oxygens (including phenoxy) is 1. The Balaban J connectivity index is 1.69. The number of carbonyl (C=O) groups is 2. The predicted octanol–water partition coefficient (Wildman–Crippen LogP) is 3.59. The third-order valence-corrected chi connectivity index (χ3v) is 5.11. The number of carbonyl (C=O) groups excluding carboxylic acids is 1. The van der Waals surface area contributed by atoms with E-state index in [0.717, 1.165) is 12.8 Å². The summed E-state index contributed by atoms with van der Waals surface area (Å²) >= 11 is 0. The number of rotatable bonds is 6. The summed E-state index contributed by atoms with van der Waals surface area (Å²) in [5.74, 6) is -2.36. The van der Waals surface area contributed by atoms with Crippen molar-refractivity contribution in [1.29, 1.82) is 0 Å². The Morgan fingerprint density at radius 1 is 1.23 bits per heavy atom. The molecule has 0 aliphatic heterocycles. The predicted molar refractivity (Wildman–Crippen MR) is 85.6 cm³/mol. The van der Waals surface area contributed by atoms with Gasteiger partial charge in [0.25, 0.3) is 0 Å². The molecule has 1 aromatic carbocycles. The minimum Gasteiger partial charge on any atom is -0.481 e. The van der Waals surface area contributed by atoms with Crippen molar-refractivity contribution in [2.75, 3.05) is 0 Å². The highest BCUT2D eigenvalue weighted by Crippen LogP contribution is 2.51. The smallest absolute Gasteiger partial charge is 0.481 e. The van der Waals surface area contributed by atoms with Gasteiger partial charge in [-0.2, -0.15) is 0 Å². The van der Waals surface area contributed by atoms with Crippen LogP contribution in [0.15, 0.2) is 24.3 Å². The maximum Gasteiger partial charge on any atom is 0.573 e. The number of aliphatic carboxylic acids is 1. The van der Waals surface area contributed by atoms with Crippen LogP contribution in [-0.4, -0.2) is 28.9 Å². The van der Waals surface area contributed by atoms with Crippen LogP contribution in [0, 0.1) is 5.92 Å². The van der Waals surface area contributed by atoms with Gasteiger partial charge in [0.2, 0.25) is 5.91 Å². The van der Waals surface area contributed by atoms with E-state index in [4.69, 9.17) is 5.11 Å². The molecule has 8 heteroatoms. The largest absolute Gasteiger partial charge is 0.573 e. The Morgan fingerprint density at radius 3 is 2.50 bits per heavy atom. The molecular weight excluding hydrogens is 351 g/mol. The van der Waals surface area contributed by atoms with E-state index in [-0.39, 0.29) is 24.0 Å². The minimum atomic E-state index is -4.79. The van der Waals surface area contributed by atoms with Crippen molar-refractivity contribution >= 4 is 11.9 Å². The van der Waals surface area contributed by atoms with Crippen LogP contribution in [0.1, 0.15) is 50.0 Å². The minimum absolute atomic E-state index is 0.135. The van der Waals surface area contributed by atoms with Gasteiger partial charge in [0.1, 0.15) is 5.75 Å². The number of hydrogen-bond acceptors (Lipinski definition) is 3. The third kappa shape index (κ3) is 4.28. The van der Waals surface area contributed by atoms with Gasteiger partial charge in [-0.05, 0) is 36.8 Å². The topological polar surface area (TPSA) is 75.6 Å². The lowest BCUT2D eigenvalue weighted by Gasteiger charge is -2.28. The first kappa shape index (κ1) is 18.5. The number of benzene rings is 1. The average Bonchev–Trinajstić information content (AvgIpc) is 3.20. The Kier molecular flexibility index (Phi) is 4.86. The Labute approximate surface area is 148 Å². The fraction of sp³-hybridized carbons (Fsp3) is 0.556. The van der Waals surface area contributed by atoms with E-state index in [2.05, 4.69) is 10.1 Å². The molecule has 0 heterocycles. The van der Waals surface area contributed by atoms with E-state index in [1.165, 1.54) is 18.2 Å². The third-order valence-electron chi connectivity index (χ3n) is 5.11. The molecule has 0 spiro atoms. The molecule has 2 N–H and O–H groups in total. The molecule has 0 bridgehead atoms. The number of carboxylic acid groups (broad SMARTS) is 1. The molecule has 1 amide bonds. The molecule has 2 aliphatic carbocycles. The number of amides is 1. The first-order valence-electron chi connectivity index (χ1n) is 8.58. The number of hydrogen-bond donors (Lipinski definition) is 2. The van der Waals surface area contributed by atoms with Crippen LogP contribution < -0.4 is 10.1 Å². The quantitative estimate of drug-likeness (QED) is 0.801. The van der Waals surface area contributed by atoms with E-state index in [1.807, 2.05) is 0 Å². The van der Waals surface area contributed by atoms with Crippen LogP contribution in [0.5, 0.6) is 5.75 Å². The summed E-state index contributed by atoms with van der Waals surface area (Å²) in [4.78, 5) is 23.7. The van der Waals surface area contributed by atoms with Gasteiger partial charge in [-0.15, -0.1) is 13.2 Å². The normalized spacial score (nSPS) is 24.1. The fourth-order valence-electron chi connectivity index (χ4n) is 3.87. The highest BCUT2D eigenvalue weighted by atomic mass is 19.4. The average molecular weight is 371 g/mol. The Hall–Kier alpha value is -2.25. The first-order valence-corrected chi connectivity index (χ1v) is 8.58. The Bertz CT molecular complexity index is 698. The van der Waals surface area contributed by atoms with E-state index in [1.54, 1.807) is 6.07 Å². The summed E-state index contributed by atoms with van der Waals surface area (Å²) in [6.07, 6.45) is -1.59. The molecule has 5 nitrogen and oxygen atoms in total. The SMILES string of the molecule is O=C(O)CC1(NC(=O)C2CC2c2ccccc2OC(F)(F)F)CCCC1. The van der Waals surface area contributed by atoms with Gasteiger partial charge in [0.05, 0.1) is 12.0 Å². The van der Waals surface area contributed by atoms with E-state index >= 15 is 0 Å². The summed E-state index contributed by atoms with van der Waals surface area (Å²) in [6.45, 7) is 0. The van der Waals surface area contributed by atoms with Crippen LogP contribution in [0.25, 0.3) is 0 Å². The van der Waals surface area contributed by atoms with Crippen LogP contribution in [0.4, 0.5) is 13.2 Å². The molecule has 142 valence electrons. The molecule has 2 atom stereocenters. The zero-order valence-corrected chi connectivity index (χ0v) is 14.0. The number of para-hydroxylation sites is 1. The van der Waals surface area contributed by atoms with Gasteiger partial charge in [-0.3, -0.25) is 9.59 Å². The van der Waals surface area contributed by atoms with Crippen molar-refractivity contribution in [2.24, 2.45) is 5.92 Å². The second kappa shape index (κ2) is 6.81. The highest BCUT2D eigenvalue weighted by molar-refractivity contribution is 5.84. The van der Waals surface area contributed by atoms with Crippen LogP contribution in [0.2, 0.25) is 0 Å². The lowest BCUT2D eigenvalue weighted by atomic mass is 9.92. The maximum absolute atomic E-state index is 12.6. The molecule has 2 aliphatic rings. The zero-order chi connectivity index (χ0) is 18.9. The molecule has 0 saturated heterocycles. The van der Waals surface area contributed by atoms with Gasteiger partial charge in [-0.1, -0.05) is 31.0 Å². The molecule has 26 heavy (non-hydrogen) atoms. The van der Waals surface area contributed by atoms with E-state index < -0.39 is 23.8 Å². The summed E-state index contributed by atoms with van der Waals surface area (Å²) in [6, 6.07) is 5.82. The number of carboxylic acids is 1. The second-order valence-corrected chi connectivity index (χ2v) is 7.08. The standard InChI is InChI=1S/C18H20F3NO4/c19-18(20,21)26-14-6-2-1-5-11(14)12-9-13(12)16(25)22-17(10-15(23)24)7-3-4-8-17/h1-2,5-6,12-13H,3-4,7-10H2,(H,22,25)(H,23,24). The van der Waals surface area contributed by atoms with Crippen molar-refractivity contribution in [3.63, 3.8) is 0 Å². The highest BCUT2D eigenvalue weighted by Gasteiger charge is 2.49. The first-order chi connectivity index (χ1) is 12.2.